The number of aromatic nitrogens is 3. The molecule has 1 aromatic heterocycles. The van der Waals surface area contributed by atoms with Crippen LogP contribution in [0, 0.1) is 5.92 Å². The maximum Gasteiger partial charge on any atom is 0.196 e. The molecule has 0 amide bonds. The Labute approximate surface area is 192 Å². The topological polar surface area (TPSA) is 79.6 Å². The van der Waals surface area contributed by atoms with Crippen molar-refractivity contribution in [2.75, 3.05) is 31.5 Å². The first-order valence-electron chi connectivity index (χ1n) is 11.9. The van der Waals surface area contributed by atoms with Gasteiger partial charge in [-0.1, -0.05) is 6.92 Å². The van der Waals surface area contributed by atoms with Crippen molar-refractivity contribution in [3.05, 3.63) is 36.4 Å². The molecule has 1 aliphatic rings. The highest BCUT2D eigenvalue weighted by atomic mass is 16.5. The Balaban J connectivity index is 1.57. The van der Waals surface area contributed by atoms with Crippen LogP contribution in [0.3, 0.4) is 0 Å². The minimum Gasteiger partial charge on any atom is -0.491 e. The minimum atomic E-state index is 0.159. The molecule has 8 nitrogen and oxygen atoms in total. The molecule has 0 bridgehead atoms. The SMILES string of the molecule is CCn1cnnc1CN=C(NCCCN1CCC(C)CC1)Nc1ccc(OC(C)C)cc1. The summed E-state index contributed by atoms with van der Waals surface area (Å²) in [5.74, 6) is 3.34. The zero-order valence-electron chi connectivity index (χ0n) is 20.0. The summed E-state index contributed by atoms with van der Waals surface area (Å²) in [7, 11) is 0. The number of hydrogen-bond donors (Lipinski definition) is 2. The largest absolute Gasteiger partial charge is 0.491 e. The van der Waals surface area contributed by atoms with Crippen LogP contribution in [0.5, 0.6) is 5.75 Å². The summed E-state index contributed by atoms with van der Waals surface area (Å²) in [6.45, 7) is 14.2. The number of benzene rings is 1. The van der Waals surface area contributed by atoms with Gasteiger partial charge in [0.25, 0.3) is 0 Å². The van der Waals surface area contributed by atoms with E-state index in [-0.39, 0.29) is 6.10 Å². The lowest BCUT2D eigenvalue weighted by molar-refractivity contribution is 0.191. The lowest BCUT2D eigenvalue weighted by atomic mass is 9.99. The van der Waals surface area contributed by atoms with Gasteiger partial charge >= 0.3 is 0 Å². The third-order valence-electron chi connectivity index (χ3n) is 5.72. The molecule has 3 rings (SSSR count). The molecule has 0 atom stereocenters. The van der Waals surface area contributed by atoms with E-state index in [1.165, 1.54) is 25.9 Å². The fourth-order valence-electron chi connectivity index (χ4n) is 3.78. The summed E-state index contributed by atoms with van der Waals surface area (Å²) < 4.78 is 7.75. The normalized spacial score (nSPS) is 15.8. The average molecular weight is 442 g/mol. The summed E-state index contributed by atoms with van der Waals surface area (Å²) in [4.78, 5) is 7.33. The second-order valence-electron chi connectivity index (χ2n) is 8.82. The van der Waals surface area contributed by atoms with Gasteiger partial charge in [-0.3, -0.25) is 0 Å². The Kier molecular flexibility index (Phi) is 9.34. The molecule has 32 heavy (non-hydrogen) atoms. The molecule has 176 valence electrons. The van der Waals surface area contributed by atoms with E-state index in [2.05, 4.69) is 39.6 Å². The van der Waals surface area contributed by atoms with Gasteiger partial charge < -0.3 is 24.8 Å². The zero-order chi connectivity index (χ0) is 22.8. The molecule has 1 aromatic carbocycles. The van der Waals surface area contributed by atoms with Gasteiger partial charge in [0.15, 0.2) is 11.8 Å². The Bertz CT molecular complexity index is 823. The van der Waals surface area contributed by atoms with E-state index >= 15 is 0 Å². The van der Waals surface area contributed by atoms with Crippen molar-refractivity contribution in [1.82, 2.24) is 25.0 Å². The molecule has 1 saturated heterocycles. The Morgan fingerprint density at radius 3 is 2.66 bits per heavy atom. The van der Waals surface area contributed by atoms with Crippen molar-refractivity contribution in [1.29, 1.82) is 0 Å². The molecule has 0 unspecified atom stereocenters. The first kappa shape index (κ1) is 24.0. The molecule has 2 N–H and O–H groups in total. The molecule has 0 spiro atoms. The Morgan fingerprint density at radius 1 is 1.22 bits per heavy atom. The molecule has 0 saturated carbocycles. The molecular formula is C24H39N7O. The maximum absolute atomic E-state index is 5.74. The van der Waals surface area contributed by atoms with Crippen molar-refractivity contribution in [3.63, 3.8) is 0 Å². The third kappa shape index (κ3) is 7.82. The monoisotopic (exact) mass is 441 g/mol. The van der Waals surface area contributed by atoms with Crippen molar-refractivity contribution in [2.45, 2.75) is 66.2 Å². The fraction of sp³-hybridized carbons (Fsp3) is 0.625. The molecule has 8 heteroatoms. The number of piperidine rings is 1. The Hall–Kier alpha value is -2.61. The van der Waals surface area contributed by atoms with Crippen molar-refractivity contribution in [2.24, 2.45) is 10.9 Å². The van der Waals surface area contributed by atoms with Crippen molar-refractivity contribution in [3.8, 4) is 5.75 Å². The highest BCUT2D eigenvalue weighted by molar-refractivity contribution is 5.93. The number of anilines is 1. The van der Waals surface area contributed by atoms with Gasteiger partial charge in [-0.15, -0.1) is 10.2 Å². The maximum atomic E-state index is 5.74. The van der Waals surface area contributed by atoms with E-state index in [1.807, 2.05) is 42.7 Å². The number of aliphatic imine (C=N–C) groups is 1. The molecule has 0 radical (unpaired) electrons. The summed E-state index contributed by atoms with van der Waals surface area (Å²) in [6.07, 6.45) is 5.62. The molecule has 2 aromatic rings. The lowest BCUT2D eigenvalue weighted by Crippen LogP contribution is -2.37. The summed E-state index contributed by atoms with van der Waals surface area (Å²) in [5.41, 5.74) is 0.967. The van der Waals surface area contributed by atoms with Gasteiger partial charge in [0, 0.05) is 18.8 Å². The predicted octanol–water partition coefficient (Wildman–Crippen LogP) is 3.76. The highest BCUT2D eigenvalue weighted by Gasteiger charge is 2.14. The van der Waals surface area contributed by atoms with E-state index < -0.39 is 0 Å². The van der Waals surface area contributed by atoms with E-state index in [9.17, 15) is 0 Å². The average Bonchev–Trinajstić information content (AvgIpc) is 3.24. The number of nitrogens with zero attached hydrogens (tertiary/aromatic N) is 5. The lowest BCUT2D eigenvalue weighted by Gasteiger charge is -2.30. The standard InChI is InChI=1S/C24H39N7O/c1-5-31-18-27-29-23(31)17-26-24(25-13-6-14-30-15-11-20(4)12-16-30)28-21-7-9-22(10-8-21)32-19(2)3/h7-10,18-20H,5-6,11-17H2,1-4H3,(H2,25,26,28). The van der Waals surface area contributed by atoms with Gasteiger partial charge in [0.2, 0.25) is 0 Å². The number of hydrogen-bond acceptors (Lipinski definition) is 5. The summed E-state index contributed by atoms with van der Waals surface area (Å²) >= 11 is 0. The van der Waals surface area contributed by atoms with Crippen LogP contribution in [0.2, 0.25) is 0 Å². The second-order valence-corrected chi connectivity index (χ2v) is 8.82. The van der Waals surface area contributed by atoms with E-state index in [1.54, 1.807) is 6.33 Å². The number of likely N-dealkylation sites (tertiary alicyclic amines) is 1. The van der Waals surface area contributed by atoms with Crippen molar-refractivity contribution >= 4 is 11.6 Å². The Morgan fingerprint density at radius 2 is 1.97 bits per heavy atom. The number of nitrogens with one attached hydrogen (secondary N) is 2. The summed E-state index contributed by atoms with van der Waals surface area (Å²) in [5, 5.41) is 15.1. The van der Waals surface area contributed by atoms with Crippen LogP contribution in [0.1, 0.15) is 52.8 Å². The van der Waals surface area contributed by atoms with Crippen LogP contribution in [0.25, 0.3) is 0 Å². The minimum absolute atomic E-state index is 0.159. The predicted molar refractivity (Wildman–Crippen MR) is 130 cm³/mol. The van der Waals surface area contributed by atoms with E-state index in [0.717, 1.165) is 55.2 Å². The number of guanidine groups is 1. The van der Waals surface area contributed by atoms with Gasteiger partial charge in [-0.25, -0.2) is 4.99 Å². The molecule has 2 heterocycles. The fourth-order valence-corrected chi connectivity index (χ4v) is 3.78. The van der Waals surface area contributed by atoms with Crippen LogP contribution in [0.15, 0.2) is 35.6 Å². The van der Waals surface area contributed by atoms with Crippen LogP contribution in [-0.4, -0.2) is 57.9 Å². The molecule has 0 aliphatic carbocycles. The summed E-state index contributed by atoms with van der Waals surface area (Å²) in [6, 6.07) is 7.98. The van der Waals surface area contributed by atoms with Crippen LogP contribution in [-0.2, 0) is 13.1 Å². The van der Waals surface area contributed by atoms with Crippen LogP contribution < -0.4 is 15.4 Å². The number of ether oxygens (including phenoxy) is 1. The number of rotatable bonds is 10. The van der Waals surface area contributed by atoms with Gasteiger partial charge in [-0.2, -0.15) is 0 Å². The smallest absolute Gasteiger partial charge is 0.196 e. The molecular weight excluding hydrogens is 402 g/mol. The molecule has 1 aliphatic heterocycles. The van der Waals surface area contributed by atoms with Gasteiger partial charge in [0.05, 0.1) is 6.10 Å². The van der Waals surface area contributed by atoms with Crippen molar-refractivity contribution < 1.29 is 4.74 Å². The van der Waals surface area contributed by atoms with E-state index in [4.69, 9.17) is 9.73 Å². The van der Waals surface area contributed by atoms with Crippen LogP contribution >= 0.6 is 0 Å². The van der Waals surface area contributed by atoms with E-state index in [0.29, 0.717) is 6.54 Å². The first-order chi connectivity index (χ1) is 15.5. The highest BCUT2D eigenvalue weighted by Crippen LogP contribution is 2.17. The van der Waals surface area contributed by atoms with Gasteiger partial charge in [-0.05, 0) is 89.9 Å². The zero-order valence-corrected chi connectivity index (χ0v) is 20.0. The first-order valence-corrected chi connectivity index (χ1v) is 11.9. The van der Waals surface area contributed by atoms with Gasteiger partial charge in [0.1, 0.15) is 18.6 Å². The molecule has 1 fully saturated rings. The quantitative estimate of drug-likeness (QED) is 0.332. The number of aryl methyl sites for hydroxylation is 1. The van der Waals surface area contributed by atoms with Crippen LogP contribution in [0.4, 0.5) is 5.69 Å². The second kappa shape index (κ2) is 12.4. The third-order valence-corrected chi connectivity index (χ3v) is 5.72.